The standard InChI is InChI=1S/C18H22N8O/c1-25-8-10-26(11-9-25)15-7-3-6-14(19-15)17-20-18(27-23-17)12-4-2-5-13-16(12)22-24-21-13/h3,6-7,12H,2,4-5,8-11H2,1H3,(H,21,22,24). The Hall–Kier alpha value is -2.81. The number of aromatic nitrogens is 6. The number of aromatic amines is 1. The number of H-pyrrole nitrogens is 1. The first-order chi connectivity index (χ1) is 13.3. The molecule has 3 aromatic heterocycles. The molecule has 0 bridgehead atoms. The molecule has 3 aromatic rings. The summed E-state index contributed by atoms with van der Waals surface area (Å²) in [7, 11) is 2.15. The summed E-state index contributed by atoms with van der Waals surface area (Å²) in [6, 6.07) is 5.97. The largest absolute Gasteiger partial charge is 0.354 e. The van der Waals surface area contributed by atoms with Gasteiger partial charge in [0.25, 0.3) is 0 Å². The number of fused-ring (bicyclic) bond motifs is 1. The van der Waals surface area contributed by atoms with Crippen LogP contribution in [0.25, 0.3) is 11.5 Å². The Morgan fingerprint density at radius 2 is 2.00 bits per heavy atom. The van der Waals surface area contributed by atoms with Crippen LogP contribution >= 0.6 is 0 Å². The number of nitrogens with zero attached hydrogens (tertiary/aromatic N) is 7. The Labute approximate surface area is 156 Å². The van der Waals surface area contributed by atoms with Gasteiger partial charge in [0, 0.05) is 26.2 Å². The fraction of sp³-hybridized carbons (Fsp3) is 0.500. The van der Waals surface area contributed by atoms with Crippen LogP contribution in [0.15, 0.2) is 22.7 Å². The zero-order valence-corrected chi connectivity index (χ0v) is 15.3. The van der Waals surface area contributed by atoms with Gasteiger partial charge in [-0.1, -0.05) is 11.2 Å². The van der Waals surface area contributed by atoms with E-state index in [0.29, 0.717) is 11.7 Å². The molecule has 1 fully saturated rings. The van der Waals surface area contributed by atoms with Crippen LogP contribution in [0.5, 0.6) is 0 Å². The highest BCUT2D eigenvalue weighted by Gasteiger charge is 2.30. The molecule has 1 unspecified atom stereocenters. The number of likely N-dealkylation sites (N-methyl/N-ethyl adjacent to an activating group) is 1. The predicted molar refractivity (Wildman–Crippen MR) is 98.4 cm³/mol. The summed E-state index contributed by atoms with van der Waals surface area (Å²) < 4.78 is 5.58. The highest BCUT2D eigenvalue weighted by atomic mass is 16.5. The molecule has 140 valence electrons. The summed E-state index contributed by atoms with van der Waals surface area (Å²) in [6.45, 7) is 4.03. The molecule has 0 amide bonds. The molecular weight excluding hydrogens is 344 g/mol. The first-order valence-corrected chi connectivity index (χ1v) is 9.42. The molecule has 9 heteroatoms. The number of aryl methyl sites for hydroxylation is 1. The summed E-state index contributed by atoms with van der Waals surface area (Å²) in [5.41, 5.74) is 2.66. The van der Waals surface area contributed by atoms with Gasteiger partial charge in [-0.2, -0.15) is 20.4 Å². The zero-order valence-electron chi connectivity index (χ0n) is 15.3. The number of anilines is 1. The monoisotopic (exact) mass is 366 g/mol. The molecular formula is C18H22N8O. The Kier molecular flexibility index (Phi) is 4.08. The summed E-state index contributed by atoms with van der Waals surface area (Å²) in [5, 5.41) is 15.4. The van der Waals surface area contributed by atoms with Gasteiger partial charge in [-0.15, -0.1) is 0 Å². The highest BCUT2D eigenvalue weighted by molar-refractivity contribution is 5.54. The highest BCUT2D eigenvalue weighted by Crippen LogP contribution is 2.34. The van der Waals surface area contributed by atoms with Gasteiger partial charge < -0.3 is 14.3 Å². The average molecular weight is 366 g/mol. The third-order valence-electron chi connectivity index (χ3n) is 5.42. The van der Waals surface area contributed by atoms with E-state index in [9.17, 15) is 0 Å². The number of pyridine rings is 1. The van der Waals surface area contributed by atoms with Gasteiger partial charge in [0.15, 0.2) is 0 Å². The van der Waals surface area contributed by atoms with Crippen molar-refractivity contribution in [3.8, 4) is 11.5 Å². The lowest BCUT2D eigenvalue weighted by Gasteiger charge is -2.33. The van der Waals surface area contributed by atoms with Crippen LogP contribution in [0.4, 0.5) is 5.82 Å². The summed E-state index contributed by atoms with van der Waals surface area (Å²) in [5.74, 6) is 2.08. The minimum absolute atomic E-state index is 0.00886. The number of piperazine rings is 1. The second-order valence-corrected chi connectivity index (χ2v) is 7.23. The van der Waals surface area contributed by atoms with Crippen molar-refractivity contribution in [2.24, 2.45) is 0 Å². The molecule has 1 aliphatic carbocycles. The van der Waals surface area contributed by atoms with E-state index >= 15 is 0 Å². The van der Waals surface area contributed by atoms with Gasteiger partial charge in [-0.25, -0.2) is 4.98 Å². The van der Waals surface area contributed by atoms with E-state index in [1.807, 2.05) is 18.2 Å². The molecule has 2 aliphatic rings. The fourth-order valence-electron chi connectivity index (χ4n) is 3.82. The van der Waals surface area contributed by atoms with E-state index in [0.717, 1.165) is 68.3 Å². The van der Waals surface area contributed by atoms with E-state index < -0.39 is 0 Å². The van der Waals surface area contributed by atoms with E-state index in [4.69, 9.17) is 9.51 Å². The van der Waals surface area contributed by atoms with Crippen LogP contribution in [0.3, 0.4) is 0 Å². The second kappa shape index (κ2) is 6.73. The molecule has 27 heavy (non-hydrogen) atoms. The summed E-state index contributed by atoms with van der Waals surface area (Å²) in [6.07, 6.45) is 2.92. The third kappa shape index (κ3) is 3.08. The minimum Gasteiger partial charge on any atom is -0.354 e. The Morgan fingerprint density at radius 3 is 2.89 bits per heavy atom. The molecule has 5 rings (SSSR count). The van der Waals surface area contributed by atoms with Crippen LogP contribution in [-0.4, -0.2) is 68.7 Å². The maximum Gasteiger partial charge on any atom is 0.236 e. The van der Waals surface area contributed by atoms with Crippen molar-refractivity contribution < 1.29 is 4.52 Å². The van der Waals surface area contributed by atoms with Crippen molar-refractivity contribution >= 4 is 5.82 Å². The van der Waals surface area contributed by atoms with Gasteiger partial charge in [0.05, 0.1) is 17.3 Å². The summed E-state index contributed by atoms with van der Waals surface area (Å²) >= 11 is 0. The van der Waals surface area contributed by atoms with Crippen LogP contribution < -0.4 is 4.90 Å². The van der Waals surface area contributed by atoms with Crippen molar-refractivity contribution in [3.05, 3.63) is 35.5 Å². The van der Waals surface area contributed by atoms with E-state index in [-0.39, 0.29) is 5.92 Å². The van der Waals surface area contributed by atoms with E-state index in [1.54, 1.807) is 0 Å². The molecule has 0 saturated carbocycles. The molecule has 0 radical (unpaired) electrons. The van der Waals surface area contributed by atoms with E-state index in [1.165, 1.54) is 0 Å². The van der Waals surface area contributed by atoms with Crippen molar-refractivity contribution in [2.75, 3.05) is 38.1 Å². The number of hydrogen-bond acceptors (Lipinski definition) is 8. The quantitative estimate of drug-likeness (QED) is 0.744. The van der Waals surface area contributed by atoms with Gasteiger partial charge >= 0.3 is 0 Å². The Balaban J connectivity index is 1.40. The molecule has 1 atom stereocenters. The lowest BCUT2D eigenvalue weighted by atomic mass is 9.90. The summed E-state index contributed by atoms with van der Waals surface area (Å²) in [4.78, 5) is 14.0. The molecule has 1 saturated heterocycles. The molecule has 0 aromatic carbocycles. The Bertz CT molecular complexity index is 927. The van der Waals surface area contributed by atoms with Gasteiger partial charge in [-0.05, 0) is 38.4 Å². The maximum absolute atomic E-state index is 5.58. The third-order valence-corrected chi connectivity index (χ3v) is 5.42. The fourth-order valence-corrected chi connectivity index (χ4v) is 3.82. The SMILES string of the molecule is CN1CCN(c2cccc(-c3noc(C4CCCc5n[nH]nc54)n3)n2)CC1. The van der Waals surface area contributed by atoms with Gasteiger partial charge in [-0.3, -0.25) is 0 Å². The van der Waals surface area contributed by atoms with Crippen molar-refractivity contribution in [2.45, 2.75) is 25.2 Å². The zero-order chi connectivity index (χ0) is 18.2. The Morgan fingerprint density at radius 1 is 1.11 bits per heavy atom. The average Bonchev–Trinajstić information content (AvgIpc) is 3.38. The van der Waals surface area contributed by atoms with Crippen LogP contribution in [0.2, 0.25) is 0 Å². The molecule has 9 nitrogen and oxygen atoms in total. The molecule has 4 heterocycles. The van der Waals surface area contributed by atoms with Gasteiger partial charge in [0.2, 0.25) is 11.7 Å². The predicted octanol–water partition coefficient (Wildman–Crippen LogP) is 1.47. The number of rotatable bonds is 3. The van der Waals surface area contributed by atoms with E-state index in [2.05, 4.69) is 42.4 Å². The number of hydrogen-bond donors (Lipinski definition) is 1. The lowest BCUT2D eigenvalue weighted by Crippen LogP contribution is -2.44. The molecule has 0 spiro atoms. The topological polar surface area (TPSA) is 99.9 Å². The first kappa shape index (κ1) is 16.4. The van der Waals surface area contributed by atoms with Crippen molar-refractivity contribution in [3.63, 3.8) is 0 Å². The van der Waals surface area contributed by atoms with Crippen molar-refractivity contribution in [1.82, 2.24) is 35.4 Å². The molecule has 1 aliphatic heterocycles. The maximum atomic E-state index is 5.58. The number of nitrogens with one attached hydrogen (secondary N) is 1. The van der Waals surface area contributed by atoms with Crippen molar-refractivity contribution in [1.29, 1.82) is 0 Å². The minimum atomic E-state index is 0.00886. The first-order valence-electron chi connectivity index (χ1n) is 9.42. The van der Waals surface area contributed by atoms with Crippen LogP contribution in [0, 0.1) is 0 Å². The van der Waals surface area contributed by atoms with Gasteiger partial charge in [0.1, 0.15) is 11.5 Å². The molecule has 1 N–H and O–H groups in total. The van der Waals surface area contributed by atoms with Crippen LogP contribution in [0.1, 0.15) is 36.0 Å². The normalized spacial score (nSPS) is 20.6. The lowest BCUT2D eigenvalue weighted by molar-refractivity contribution is 0.312. The smallest absolute Gasteiger partial charge is 0.236 e. The van der Waals surface area contributed by atoms with Crippen LogP contribution in [-0.2, 0) is 6.42 Å². The second-order valence-electron chi connectivity index (χ2n) is 7.23.